The van der Waals surface area contributed by atoms with Gasteiger partial charge in [0.1, 0.15) is 0 Å². The molecular weight excluding hydrogens is 497 g/mol. The molecule has 39 heavy (non-hydrogen) atoms. The molecule has 0 N–H and O–H groups in total. The highest BCUT2D eigenvalue weighted by Gasteiger charge is 2.29. The van der Waals surface area contributed by atoms with Gasteiger partial charge in [-0.05, 0) is 79.9 Å². The molecule has 0 spiro atoms. The summed E-state index contributed by atoms with van der Waals surface area (Å²) in [5, 5.41) is 0. The molecular formula is C34H45F3O2. The minimum Gasteiger partial charge on any atom is -0.450 e. The number of aryl methyl sites for hydroxylation is 2. The highest BCUT2D eigenvalue weighted by molar-refractivity contribution is 5.53. The molecule has 2 unspecified atom stereocenters. The summed E-state index contributed by atoms with van der Waals surface area (Å²) >= 11 is 0. The molecule has 0 radical (unpaired) electrons. The maximum Gasteiger partial charge on any atom is 0.201 e. The molecule has 214 valence electrons. The smallest absolute Gasteiger partial charge is 0.201 e. The van der Waals surface area contributed by atoms with E-state index in [1.807, 2.05) is 12.1 Å². The van der Waals surface area contributed by atoms with E-state index in [2.05, 4.69) is 13.8 Å². The first-order chi connectivity index (χ1) is 19.0. The highest BCUT2D eigenvalue weighted by atomic mass is 19.2. The second-order valence-electron chi connectivity index (χ2n) is 12.4. The van der Waals surface area contributed by atoms with Crippen molar-refractivity contribution in [1.82, 2.24) is 0 Å². The second kappa shape index (κ2) is 13.1. The molecule has 0 amide bonds. The lowest BCUT2D eigenvalue weighted by atomic mass is 9.78. The third-order valence-electron chi connectivity index (χ3n) is 9.54. The number of halogens is 3. The van der Waals surface area contributed by atoms with Crippen molar-refractivity contribution in [2.75, 3.05) is 6.61 Å². The number of fused-ring (bicyclic) bond motifs is 2. The maximum atomic E-state index is 15.5. The van der Waals surface area contributed by atoms with Crippen LogP contribution in [0, 0.1) is 35.2 Å². The molecule has 1 saturated heterocycles. The average Bonchev–Trinajstić information content (AvgIpc) is 2.95. The fraction of sp³-hybridized carbons (Fsp3) is 0.647. The quantitative estimate of drug-likeness (QED) is 0.254. The molecule has 2 aromatic rings. The highest BCUT2D eigenvalue weighted by Crippen LogP contribution is 2.43. The molecule has 1 aliphatic carbocycles. The van der Waals surface area contributed by atoms with E-state index >= 15 is 13.2 Å². The van der Waals surface area contributed by atoms with Crippen LogP contribution >= 0.6 is 0 Å². The molecule has 2 aliphatic heterocycles. The van der Waals surface area contributed by atoms with Gasteiger partial charge in [-0.3, -0.25) is 0 Å². The third-order valence-corrected chi connectivity index (χ3v) is 9.54. The molecule has 0 aromatic heterocycles. The first kappa shape index (κ1) is 28.5. The summed E-state index contributed by atoms with van der Waals surface area (Å²) in [6, 6.07) is 5.48. The Bertz CT molecular complexity index is 1110. The Morgan fingerprint density at radius 1 is 0.667 bits per heavy atom. The Kier molecular flexibility index (Phi) is 9.58. The molecule has 5 rings (SSSR count). The standard InChI is InChI=1S/C34H45F3O2/c1-3-5-22-7-9-23(10-8-22)11-15-26-19-28-20-27-17-16-25(14-12-24-13-18-29(6-4-2)38-21-24)31(36)33(27)39-34(28)32(37)30(26)35/h16-17,19,22-24,29H,3-15,18,20-21H2,1-2H3. The van der Waals surface area contributed by atoms with E-state index in [0.717, 1.165) is 51.0 Å². The molecule has 5 heteroatoms. The van der Waals surface area contributed by atoms with Crippen LogP contribution in [0.15, 0.2) is 18.2 Å². The number of rotatable bonds is 10. The van der Waals surface area contributed by atoms with Crippen LogP contribution in [-0.2, 0) is 24.0 Å². The number of ether oxygens (including phenoxy) is 2. The lowest BCUT2D eigenvalue weighted by Gasteiger charge is -2.29. The summed E-state index contributed by atoms with van der Waals surface area (Å²) in [4.78, 5) is 0. The topological polar surface area (TPSA) is 18.5 Å². The van der Waals surface area contributed by atoms with Gasteiger partial charge in [-0.2, -0.15) is 4.39 Å². The SMILES string of the molecule is CCCC1CCC(CCc2cc3c(c(F)c2F)Oc2c(ccc(CCC4CCC(CCC)OC4)c2F)C3)CC1. The predicted octanol–water partition coefficient (Wildman–Crippen LogP) is 9.87. The van der Waals surface area contributed by atoms with Gasteiger partial charge in [-0.25, -0.2) is 8.78 Å². The van der Waals surface area contributed by atoms with Crippen molar-refractivity contribution in [3.8, 4) is 11.5 Å². The summed E-state index contributed by atoms with van der Waals surface area (Å²) in [6.45, 7) is 5.15. The zero-order valence-electron chi connectivity index (χ0n) is 23.8. The van der Waals surface area contributed by atoms with Crippen molar-refractivity contribution in [2.24, 2.45) is 17.8 Å². The molecule has 2 nitrogen and oxygen atoms in total. The minimum absolute atomic E-state index is 0.0535. The van der Waals surface area contributed by atoms with Crippen LogP contribution in [0.4, 0.5) is 13.2 Å². The summed E-state index contributed by atoms with van der Waals surface area (Å²) in [5.74, 6) is -0.522. The van der Waals surface area contributed by atoms with Crippen LogP contribution in [0.25, 0.3) is 0 Å². The Hall–Kier alpha value is -2.01. The van der Waals surface area contributed by atoms with E-state index in [-0.39, 0.29) is 11.5 Å². The van der Waals surface area contributed by atoms with Crippen LogP contribution in [0.3, 0.4) is 0 Å². The van der Waals surface area contributed by atoms with Gasteiger partial charge in [-0.1, -0.05) is 70.9 Å². The van der Waals surface area contributed by atoms with Crippen molar-refractivity contribution in [3.05, 3.63) is 57.9 Å². The zero-order chi connectivity index (χ0) is 27.4. The Morgan fingerprint density at radius 2 is 1.31 bits per heavy atom. The lowest BCUT2D eigenvalue weighted by molar-refractivity contribution is -0.0218. The van der Waals surface area contributed by atoms with E-state index < -0.39 is 17.5 Å². The van der Waals surface area contributed by atoms with E-state index in [1.54, 1.807) is 6.07 Å². The van der Waals surface area contributed by atoms with Crippen LogP contribution < -0.4 is 4.74 Å². The van der Waals surface area contributed by atoms with Crippen LogP contribution in [0.2, 0.25) is 0 Å². The van der Waals surface area contributed by atoms with Crippen molar-refractivity contribution in [1.29, 1.82) is 0 Å². The van der Waals surface area contributed by atoms with Crippen molar-refractivity contribution < 1.29 is 22.6 Å². The Balaban J connectivity index is 1.21. The van der Waals surface area contributed by atoms with E-state index in [1.165, 1.54) is 38.5 Å². The fourth-order valence-corrected chi connectivity index (χ4v) is 7.11. The zero-order valence-corrected chi connectivity index (χ0v) is 23.8. The van der Waals surface area contributed by atoms with Gasteiger partial charge in [0, 0.05) is 24.2 Å². The van der Waals surface area contributed by atoms with Crippen molar-refractivity contribution >= 4 is 0 Å². The van der Waals surface area contributed by atoms with Gasteiger partial charge in [0.15, 0.2) is 23.1 Å². The van der Waals surface area contributed by atoms with E-state index in [9.17, 15) is 0 Å². The molecule has 2 fully saturated rings. The van der Waals surface area contributed by atoms with Gasteiger partial charge in [-0.15, -0.1) is 0 Å². The number of hydrogen-bond acceptors (Lipinski definition) is 2. The molecule has 1 saturated carbocycles. The summed E-state index contributed by atoms with van der Waals surface area (Å²) in [6.07, 6.45) is 15.4. The van der Waals surface area contributed by atoms with Gasteiger partial charge in [0.25, 0.3) is 0 Å². The van der Waals surface area contributed by atoms with Gasteiger partial charge in [0.2, 0.25) is 5.82 Å². The van der Waals surface area contributed by atoms with Crippen molar-refractivity contribution in [2.45, 2.75) is 116 Å². The molecule has 2 heterocycles. The van der Waals surface area contributed by atoms with E-state index in [0.29, 0.717) is 59.5 Å². The van der Waals surface area contributed by atoms with Gasteiger partial charge >= 0.3 is 0 Å². The molecule has 2 aromatic carbocycles. The van der Waals surface area contributed by atoms with Crippen LogP contribution in [-0.4, -0.2) is 12.7 Å². The summed E-state index contributed by atoms with van der Waals surface area (Å²) in [5.41, 5.74) is 2.29. The fourth-order valence-electron chi connectivity index (χ4n) is 7.11. The van der Waals surface area contributed by atoms with Crippen molar-refractivity contribution in [3.63, 3.8) is 0 Å². The number of hydrogen-bond donors (Lipinski definition) is 0. The summed E-state index contributed by atoms with van der Waals surface area (Å²) in [7, 11) is 0. The van der Waals surface area contributed by atoms with Crippen LogP contribution in [0.5, 0.6) is 11.5 Å². The molecule has 0 bridgehead atoms. The normalized spacial score (nSPS) is 24.6. The predicted molar refractivity (Wildman–Crippen MR) is 150 cm³/mol. The van der Waals surface area contributed by atoms with E-state index in [4.69, 9.17) is 9.47 Å². The monoisotopic (exact) mass is 542 g/mol. The maximum absolute atomic E-state index is 15.5. The lowest BCUT2D eigenvalue weighted by Crippen LogP contribution is -2.26. The average molecular weight is 543 g/mol. The largest absolute Gasteiger partial charge is 0.450 e. The van der Waals surface area contributed by atoms with Gasteiger partial charge < -0.3 is 9.47 Å². The Labute approximate surface area is 232 Å². The van der Waals surface area contributed by atoms with Gasteiger partial charge in [0.05, 0.1) is 6.10 Å². The number of benzene rings is 2. The minimum atomic E-state index is -0.981. The first-order valence-corrected chi connectivity index (χ1v) is 15.6. The molecule has 2 atom stereocenters. The van der Waals surface area contributed by atoms with Crippen LogP contribution in [0.1, 0.15) is 113 Å². The summed E-state index contributed by atoms with van der Waals surface area (Å²) < 4.78 is 57.6. The first-order valence-electron chi connectivity index (χ1n) is 15.6. The third kappa shape index (κ3) is 6.66. The second-order valence-corrected chi connectivity index (χ2v) is 12.4. The Morgan fingerprint density at radius 3 is 2.00 bits per heavy atom. The molecule has 3 aliphatic rings.